The summed E-state index contributed by atoms with van der Waals surface area (Å²) in [5.41, 5.74) is 5.28. The Morgan fingerprint density at radius 3 is 2.34 bits per heavy atom. The largest absolute Gasteiger partial charge is 0.507 e. The Labute approximate surface area is 191 Å². The van der Waals surface area contributed by atoms with Gasteiger partial charge in [0, 0.05) is 23.4 Å². The van der Waals surface area contributed by atoms with E-state index in [0.29, 0.717) is 35.8 Å². The number of benzene rings is 3. The fourth-order valence-electron chi connectivity index (χ4n) is 3.59. The third-order valence-corrected chi connectivity index (χ3v) is 5.44. The highest BCUT2D eigenvalue weighted by atomic mass is 16.5. The van der Waals surface area contributed by atoms with Crippen LogP contribution in [0.1, 0.15) is 67.1 Å². The molecule has 0 fully saturated rings. The van der Waals surface area contributed by atoms with E-state index in [1.54, 1.807) is 19.1 Å². The topological polar surface area (TPSA) is 58.6 Å². The van der Waals surface area contributed by atoms with E-state index in [4.69, 9.17) is 4.74 Å². The van der Waals surface area contributed by atoms with E-state index < -0.39 is 0 Å². The van der Waals surface area contributed by atoms with Gasteiger partial charge in [0.25, 0.3) is 0 Å². The Hall–Kier alpha value is -3.27. The maximum Gasteiger partial charge on any atom is 0.166 e. The first-order valence-corrected chi connectivity index (χ1v) is 11.2. The number of anilines is 2. The van der Waals surface area contributed by atoms with Crippen LogP contribution in [0.15, 0.2) is 60.7 Å². The lowest BCUT2D eigenvalue weighted by Gasteiger charge is -2.14. The number of carbonyl (C=O) groups is 1. The first-order valence-electron chi connectivity index (χ1n) is 11.2. The first kappa shape index (κ1) is 23.4. The Morgan fingerprint density at radius 2 is 1.66 bits per heavy atom. The van der Waals surface area contributed by atoms with Crippen molar-refractivity contribution in [1.29, 1.82) is 0 Å². The summed E-state index contributed by atoms with van der Waals surface area (Å²) in [4.78, 5) is 12.4. The van der Waals surface area contributed by atoms with Gasteiger partial charge in [0.1, 0.15) is 18.1 Å². The van der Waals surface area contributed by atoms with Crippen molar-refractivity contribution in [2.75, 3.05) is 5.32 Å². The van der Waals surface area contributed by atoms with Crippen LogP contribution in [0.4, 0.5) is 11.4 Å². The number of rotatable bonds is 9. The van der Waals surface area contributed by atoms with Crippen LogP contribution in [0.25, 0.3) is 0 Å². The number of phenolic OH excluding ortho intramolecular Hbond substituents is 1. The molecule has 0 heterocycles. The van der Waals surface area contributed by atoms with Crippen molar-refractivity contribution in [2.24, 2.45) is 5.92 Å². The fraction of sp³-hybridized carbons (Fsp3) is 0.321. The molecule has 32 heavy (non-hydrogen) atoms. The summed E-state index contributed by atoms with van der Waals surface area (Å²) in [5, 5.41) is 14.0. The standard InChI is InChI=1S/C28H33NO3/c1-18(2)14-26(30)25-12-13-27(20(5)28(25)31)32-17-21-8-6-10-23(15-21)29-24-11-7-9-22(16-24)19(3)4/h6-13,15-16,18-19,29,31H,14,17H2,1-5H3. The average Bonchev–Trinajstić information content (AvgIpc) is 2.74. The summed E-state index contributed by atoms with van der Waals surface area (Å²) in [6.07, 6.45) is 0.410. The number of phenols is 1. The Balaban J connectivity index is 1.69. The number of hydrogen-bond acceptors (Lipinski definition) is 4. The zero-order chi connectivity index (χ0) is 23.3. The van der Waals surface area contributed by atoms with Gasteiger partial charge in [-0.25, -0.2) is 0 Å². The smallest absolute Gasteiger partial charge is 0.166 e. The minimum Gasteiger partial charge on any atom is -0.507 e. The van der Waals surface area contributed by atoms with Crippen molar-refractivity contribution in [1.82, 2.24) is 0 Å². The molecule has 0 aliphatic rings. The molecule has 2 N–H and O–H groups in total. The number of nitrogens with one attached hydrogen (secondary N) is 1. The number of ketones is 1. The lowest BCUT2D eigenvalue weighted by Crippen LogP contribution is -2.05. The lowest BCUT2D eigenvalue weighted by atomic mass is 9.98. The number of Topliss-reactive ketones (excluding diaryl/α,β-unsaturated/α-hetero) is 1. The highest BCUT2D eigenvalue weighted by molar-refractivity contribution is 5.99. The van der Waals surface area contributed by atoms with E-state index in [-0.39, 0.29) is 17.5 Å². The van der Waals surface area contributed by atoms with E-state index in [2.05, 4.69) is 49.5 Å². The number of carbonyl (C=O) groups excluding carboxylic acids is 1. The van der Waals surface area contributed by atoms with E-state index in [0.717, 1.165) is 16.9 Å². The van der Waals surface area contributed by atoms with Gasteiger partial charge in [0.2, 0.25) is 0 Å². The van der Waals surface area contributed by atoms with Gasteiger partial charge in [0.15, 0.2) is 5.78 Å². The first-order chi connectivity index (χ1) is 15.2. The Kier molecular flexibility index (Phi) is 7.57. The van der Waals surface area contributed by atoms with Gasteiger partial charge in [-0.3, -0.25) is 4.79 Å². The van der Waals surface area contributed by atoms with Gasteiger partial charge >= 0.3 is 0 Å². The summed E-state index contributed by atoms with van der Waals surface area (Å²) in [7, 11) is 0. The molecule has 0 aromatic heterocycles. The molecule has 0 radical (unpaired) electrons. The van der Waals surface area contributed by atoms with Crippen LogP contribution in [0.5, 0.6) is 11.5 Å². The molecule has 4 heteroatoms. The van der Waals surface area contributed by atoms with Crippen LogP contribution in [-0.2, 0) is 6.61 Å². The normalized spacial score (nSPS) is 11.1. The summed E-state index contributed by atoms with van der Waals surface area (Å²) in [5.74, 6) is 1.25. The minimum atomic E-state index is -0.0486. The molecule has 4 nitrogen and oxygen atoms in total. The molecule has 0 aliphatic heterocycles. The zero-order valence-electron chi connectivity index (χ0n) is 19.6. The number of hydrogen-bond donors (Lipinski definition) is 2. The molecule has 0 atom stereocenters. The highest BCUT2D eigenvalue weighted by Crippen LogP contribution is 2.32. The van der Waals surface area contributed by atoms with Gasteiger partial charge in [-0.15, -0.1) is 0 Å². The van der Waals surface area contributed by atoms with Crippen molar-refractivity contribution < 1.29 is 14.6 Å². The van der Waals surface area contributed by atoms with E-state index in [1.165, 1.54) is 5.56 Å². The summed E-state index contributed by atoms with van der Waals surface area (Å²) in [6, 6.07) is 19.9. The van der Waals surface area contributed by atoms with Crippen LogP contribution in [0.3, 0.4) is 0 Å². The van der Waals surface area contributed by atoms with Gasteiger partial charge < -0.3 is 15.2 Å². The van der Waals surface area contributed by atoms with Gasteiger partial charge in [-0.1, -0.05) is 52.0 Å². The number of aromatic hydroxyl groups is 1. The van der Waals surface area contributed by atoms with E-state index >= 15 is 0 Å². The maximum absolute atomic E-state index is 12.4. The zero-order valence-corrected chi connectivity index (χ0v) is 19.6. The molecular weight excluding hydrogens is 398 g/mol. The van der Waals surface area contributed by atoms with Crippen molar-refractivity contribution in [3.63, 3.8) is 0 Å². The molecular formula is C28H33NO3. The van der Waals surface area contributed by atoms with Gasteiger partial charge in [0.05, 0.1) is 5.56 Å². The van der Waals surface area contributed by atoms with Gasteiger partial charge in [-0.05, 0) is 66.3 Å². The molecule has 0 amide bonds. The molecule has 0 spiro atoms. The number of ether oxygens (including phenoxy) is 1. The third kappa shape index (κ3) is 5.91. The van der Waals surface area contributed by atoms with Crippen molar-refractivity contribution in [2.45, 2.75) is 53.6 Å². The second-order valence-electron chi connectivity index (χ2n) is 9.00. The lowest BCUT2D eigenvalue weighted by molar-refractivity contribution is 0.0965. The van der Waals surface area contributed by atoms with E-state index in [1.807, 2.05) is 32.0 Å². The predicted molar refractivity (Wildman–Crippen MR) is 131 cm³/mol. The molecule has 168 valence electrons. The molecule has 3 aromatic carbocycles. The summed E-state index contributed by atoms with van der Waals surface area (Å²) in [6.45, 7) is 10.5. The second kappa shape index (κ2) is 10.4. The van der Waals surface area contributed by atoms with Crippen LogP contribution >= 0.6 is 0 Å². The van der Waals surface area contributed by atoms with Crippen molar-refractivity contribution in [3.05, 3.63) is 82.9 Å². The Bertz CT molecular complexity index is 1090. The minimum absolute atomic E-state index is 0.00796. The van der Waals surface area contributed by atoms with Crippen LogP contribution in [-0.4, -0.2) is 10.9 Å². The van der Waals surface area contributed by atoms with Crippen molar-refractivity contribution in [3.8, 4) is 11.5 Å². The van der Waals surface area contributed by atoms with Crippen LogP contribution in [0, 0.1) is 12.8 Å². The summed E-state index contributed by atoms with van der Waals surface area (Å²) >= 11 is 0. The maximum atomic E-state index is 12.4. The van der Waals surface area contributed by atoms with Crippen molar-refractivity contribution >= 4 is 17.2 Å². The van der Waals surface area contributed by atoms with Crippen LogP contribution in [0.2, 0.25) is 0 Å². The molecule has 0 aliphatic carbocycles. The molecule has 0 unspecified atom stereocenters. The summed E-state index contributed by atoms with van der Waals surface area (Å²) < 4.78 is 5.98. The SMILES string of the molecule is Cc1c(OCc2cccc(Nc3cccc(C(C)C)c3)c2)ccc(C(=O)CC(C)C)c1O. The van der Waals surface area contributed by atoms with Crippen LogP contribution < -0.4 is 10.1 Å². The molecule has 3 aromatic rings. The van der Waals surface area contributed by atoms with E-state index in [9.17, 15) is 9.90 Å². The Morgan fingerprint density at radius 1 is 0.969 bits per heavy atom. The fourth-order valence-corrected chi connectivity index (χ4v) is 3.59. The molecule has 0 saturated heterocycles. The molecule has 3 rings (SSSR count). The van der Waals surface area contributed by atoms with Gasteiger partial charge in [-0.2, -0.15) is 0 Å². The highest BCUT2D eigenvalue weighted by Gasteiger charge is 2.17. The second-order valence-corrected chi connectivity index (χ2v) is 9.00. The predicted octanol–water partition coefficient (Wildman–Crippen LogP) is 7.38. The molecule has 0 bridgehead atoms. The molecule has 0 saturated carbocycles. The average molecular weight is 432 g/mol. The quantitative estimate of drug-likeness (QED) is 0.347. The third-order valence-electron chi connectivity index (χ3n) is 5.44. The monoisotopic (exact) mass is 431 g/mol.